The number of rotatable bonds is 4. The number of nitrogens with two attached hydrogens (primary N) is 1. The smallest absolute Gasteiger partial charge is 0.231 e. The molecule has 16 heavy (non-hydrogen) atoms. The first-order chi connectivity index (χ1) is 7.36. The van der Waals surface area contributed by atoms with E-state index in [4.69, 9.17) is 9.88 Å². The molecular formula is C8H13N3O4S. The maximum absolute atomic E-state index is 11.0. The Bertz CT molecular complexity index is 445. The second-order valence-electron chi connectivity index (χ2n) is 3.22. The normalized spacial score (nSPS) is 15.5. The van der Waals surface area contributed by atoms with E-state index in [1.54, 1.807) is 0 Å². The molecule has 7 nitrogen and oxygen atoms in total. The van der Waals surface area contributed by atoms with Crippen LogP contribution in [0.15, 0.2) is 12.4 Å². The Morgan fingerprint density at radius 2 is 2.06 bits per heavy atom. The van der Waals surface area contributed by atoms with Crippen LogP contribution >= 0.6 is 0 Å². The fraction of sp³-hybridized carbons (Fsp3) is 0.500. The Morgan fingerprint density at radius 1 is 1.44 bits per heavy atom. The van der Waals surface area contributed by atoms with E-state index in [9.17, 15) is 13.5 Å². The van der Waals surface area contributed by atoms with Gasteiger partial charge in [-0.3, -0.25) is 4.98 Å². The molecule has 0 aliphatic carbocycles. The molecular weight excluding hydrogens is 234 g/mol. The van der Waals surface area contributed by atoms with Crippen molar-refractivity contribution >= 4 is 10.0 Å². The average molecular weight is 247 g/mol. The van der Waals surface area contributed by atoms with Crippen LogP contribution in [0, 0.1) is 0 Å². The molecule has 1 aromatic rings. The maximum atomic E-state index is 11.0. The van der Waals surface area contributed by atoms with Gasteiger partial charge in [0.1, 0.15) is 11.4 Å². The zero-order valence-electron chi connectivity index (χ0n) is 8.86. The van der Waals surface area contributed by atoms with Gasteiger partial charge < -0.3 is 9.84 Å². The third kappa shape index (κ3) is 2.87. The summed E-state index contributed by atoms with van der Waals surface area (Å²) in [5.41, 5.74) is 0.127. The van der Waals surface area contributed by atoms with E-state index in [1.807, 2.05) is 0 Å². The molecule has 90 valence electrons. The summed E-state index contributed by atoms with van der Waals surface area (Å²) in [6.45, 7) is 1.30. The van der Waals surface area contributed by atoms with Gasteiger partial charge in [0.2, 0.25) is 15.9 Å². The summed E-state index contributed by atoms with van der Waals surface area (Å²) in [5, 5.41) is 13.5. The number of nitrogens with zero attached hydrogens (tertiary/aromatic N) is 2. The lowest BCUT2D eigenvalue weighted by Crippen LogP contribution is -2.31. The van der Waals surface area contributed by atoms with Crippen molar-refractivity contribution in [3.63, 3.8) is 0 Å². The van der Waals surface area contributed by atoms with Crippen LogP contribution in [0.3, 0.4) is 0 Å². The summed E-state index contributed by atoms with van der Waals surface area (Å²) in [6, 6.07) is 0. The highest BCUT2D eigenvalue weighted by Gasteiger charge is 2.27. The molecule has 1 rings (SSSR count). The lowest BCUT2D eigenvalue weighted by molar-refractivity contribution is 0.170. The molecule has 3 N–H and O–H groups in total. The van der Waals surface area contributed by atoms with Crippen LogP contribution in [-0.4, -0.2) is 35.9 Å². The second kappa shape index (κ2) is 4.73. The molecule has 0 aliphatic heterocycles. The van der Waals surface area contributed by atoms with Crippen molar-refractivity contribution in [2.24, 2.45) is 5.14 Å². The monoisotopic (exact) mass is 247 g/mol. The van der Waals surface area contributed by atoms with Crippen molar-refractivity contribution in [1.29, 1.82) is 0 Å². The molecule has 0 radical (unpaired) electrons. The summed E-state index contributed by atoms with van der Waals surface area (Å²) in [5.74, 6) is 0.277. The van der Waals surface area contributed by atoms with Gasteiger partial charge in [-0.2, -0.15) is 0 Å². The van der Waals surface area contributed by atoms with E-state index in [0.29, 0.717) is 0 Å². The molecule has 1 heterocycles. The van der Waals surface area contributed by atoms with Crippen LogP contribution in [0.2, 0.25) is 0 Å². The van der Waals surface area contributed by atoms with E-state index in [0.717, 1.165) is 0 Å². The number of hydrogen-bond acceptors (Lipinski definition) is 6. The number of sulfonamides is 1. The molecule has 1 aromatic heterocycles. The summed E-state index contributed by atoms with van der Waals surface area (Å²) in [7, 11) is -2.39. The summed E-state index contributed by atoms with van der Waals surface area (Å²) in [4.78, 5) is 7.63. The lowest BCUT2D eigenvalue weighted by atomic mass is 10.2. The minimum atomic E-state index is -3.81. The Kier molecular flexibility index (Phi) is 3.79. The number of aliphatic hydroxyl groups excluding tert-OH is 1. The molecule has 0 bridgehead atoms. The Labute approximate surface area is 93.3 Å². The molecule has 2 atom stereocenters. The van der Waals surface area contributed by atoms with Crippen LogP contribution in [-0.2, 0) is 10.0 Å². The summed E-state index contributed by atoms with van der Waals surface area (Å²) >= 11 is 0. The quantitative estimate of drug-likeness (QED) is 0.719. The van der Waals surface area contributed by atoms with E-state index < -0.39 is 21.4 Å². The standard InChI is InChI=1S/C8H13N3O4S/c1-5(16(9,13)14)8(12)6-3-11-7(15-2)4-10-6/h3-5,8,12H,1-2H3,(H2,9,13,14). The van der Waals surface area contributed by atoms with Gasteiger partial charge in [0.15, 0.2) is 0 Å². The van der Waals surface area contributed by atoms with Gasteiger partial charge in [-0.15, -0.1) is 0 Å². The van der Waals surface area contributed by atoms with E-state index in [-0.39, 0.29) is 11.6 Å². The zero-order chi connectivity index (χ0) is 12.3. The molecule has 0 saturated carbocycles. The minimum absolute atomic E-state index is 0.127. The van der Waals surface area contributed by atoms with Gasteiger partial charge in [0, 0.05) is 0 Å². The van der Waals surface area contributed by atoms with Crippen LogP contribution < -0.4 is 9.88 Å². The third-order valence-electron chi connectivity index (χ3n) is 2.12. The number of methoxy groups -OCH3 is 1. The maximum Gasteiger partial charge on any atom is 0.231 e. The van der Waals surface area contributed by atoms with Crippen molar-refractivity contribution < 1.29 is 18.3 Å². The van der Waals surface area contributed by atoms with Crippen LogP contribution in [0.4, 0.5) is 0 Å². The van der Waals surface area contributed by atoms with E-state index in [2.05, 4.69) is 9.97 Å². The van der Waals surface area contributed by atoms with Gasteiger partial charge >= 0.3 is 0 Å². The highest BCUT2D eigenvalue weighted by atomic mass is 32.2. The largest absolute Gasteiger partial charge is 0.480 e. The Balaban J connectivity index is 2.92. The molecule has 0 saturated heterocycles. The summed E-state index contributed by atoms with van der Waals surface area (Å²) in [6.07, 6.45) is 1.22. The van der Waals surface area contributed by atoms with Gasteiger partial charge in [-0.25, -0.2) is 18.5 Å². The third-order valence-corrected chi connectivity index (χ3v) is 3.42. The first kappa shape index (κ1) is 12.8. The van der Waals surface area contributed by atoms with Gasteiger partial charge in [0.25, 0.3) is 0 Å². The SMILES string of the molecule is COc1cnc(C(O)C(C)S(N)(=O)=O)cn1. The number of ether oxygens (including phenoxy) is 1. The van der Waals surface area contributed by atoms with Crippen LogP contribution in [0.25, 0.3) is 0 Å². The molecule has 0 spiro atoms. The molecule has 2 unspecified atom stereocenters. The second-order valence-corrected chi connectivity index (χ2v) is 5.14. The fourth-order valence-electron chi connectivity index (χ4n) is 1.00. The molecule has 0 aliphatic rings. The number of aromatic nitrogens is 2. The van der Waals surface area contributed by atoms with E-state index >= 15 is 0 Å². The fourth-order valence-corrected chi connectivity index (χ4v) is 1.50. The van der Waals surface area contributed by atoms with Crippen molar-refractivity contribution in [2.75, 3.05) is 7.11 Å². The number of primary sulfonamides is 1. The number of aliphatic hydroxyl groups is 1. The van der Waals surface area contributed by atoms with Crippen molar-refractivity contribution in [3.8, 4) is 5.88 Å². The number of hydrogen-bond donors (Lipinski definition) is 2. The first-order valence-corrected chi connectivity index (χ1v) is 6.03. The van der Waals surface area contributed by atoms with E-state index in [1.165, 1.54) is 26.4 Å². The van der Waals surface area contributed by atoms with Crippen molar-refractivity contribution in [2.45, 2.75) is 18.3 Å². The first-order valence-electron chi connectivity index (χ1n) is 4.42. The highest BCUT2D eigenvalue weighted by Crippen LogP contribution is 2.18. The predicted molar refractivity (Wildman–Crippen MR) is 56.1 cm³/mol. The van der Waals surface area contributed by atoms with Crippen molar-refractivity contribution in [3.05, 3.63) is 18.1 Å². The molecule has 8 heteroatoms. The average Bonchev–Trinajstić information content (AvgIpc) is 2.26. The molecule has 0 fully saturated rings. The van der Waals surface area contributed by atoms with Crippen LogP contribution in [0.1, 0.15) is 18.7 Å². The Morgan fingerprint density at radius 3 is 2.44 bits per heavy atom. The topological polar surface area (TPSA) is 115 Å². The lowest BCUT2D eigenvalue weighted by Gasteiger charge is -2.15. The van der Waals surface area contributed by atoms with Gasteiger partial charge in [0.05, 0.1) is 25.2 Å². The zero-order valence-corrected chi connectivity index (χ0v) is 9.68. The van der Waals surface area contributed by atoms with Gasteiger partial charge in [-0.1, -0.05) is 0 Å². The van der Waals surface area contributed by atoms with Crippen molar-refractivity contribution in [1.82, 2.24) is 9.97 Å². The highest BCUT2D eigenvalue weighted by molar-refractivity contribution is 7.89. The molecule has 0 amide bonds. The molecule has 0 aromatic carbocycles. The summed E-state index contributed by atoms with van der Waals surface area (Å²) < 4.78 is 26.8. The Hall–Kier alpha value is -1.25. The van der Waals surface area contributed by atoms with Crippen LogP contribution in [0.5, 0.6) is 5.88 Å². The predicted octanol–water partition coefficient (Wildman–Crippen LogP) is -0.804. The minimum Gasteiger partial charge on any atom is -0.480 e. The van der Waals surface area contributed by atoms with Gasteiger partial charge in [-0.05, 0) is 6.92 Å².